The minimum atomic E-state index is -0.539. The van der Waals surface area contributed by atoms with Crippen molar-refractivity contribution < 1.29 is 18.3 Å². The van der Waals surface area contributed by atoms with Gasteiger partial charge >= 0.3 is 0 Å². The third-order valence-electron chi connectivity index (χ3n) is 21.0. The molecule has 0 unspecified atom stereocenters. The van der Waals surface area contributed by atoms with E-state index in [0.29, 0.717) is 0 Å². The van der Waals surface area contributed by atoms with Gasteiger partial charge in [-0.05, 0) is 184 Å². The van der Waals surface area contributed by atoms with Crippen molar-refractivity contribution in [3.63, 3.8) is 0 Å². The molecule has 0 bridgehead atoms. The van der Waals surface area contributed by atoms with E-state index in [1.54, 1.807) is 0 Å². The first-order chi connectivity index (χ1) is 49.1. The van der Waals surface area contributed by atoms with Gasteiger partial charge in [0.15, 0.2) is 0 Å². The summed E-state index contributed by atoms with van der Waals surface area (Å²) in [6.45, 7) is 0. The third-order valence-corrected chi connectivity index (χ3v) is 22.2. The van der Waals surface area contributed by atoms with Crippen molar-refractivity contribution >= 4 is 110 Å². The number of rotatable bonds is 6. The highest BCUT2D eigenvalue weighted by Gasteiger charge is 2.53. The Balaban J connectivity index is 0.000000131. The van der Waals surface area contributed by atoms with Crippen molar-refractivity contribution in [2.24, 2.45) is 0 Å². The normalized spacial score (nSPS) is 13.6. The quantitative estimate of drug-likeness (QED) is 0.165. The smallest absolute Gasteiger partial charge is 0.136 e. The van der Waals surface area contributed by atoms with Crippen molar-refractivity contribution in [1.82, 2.24) is 0 Å². The SMILES string of the molecule is c1ccc(N(c2ccc3c(c2)sc2ccccc23)c2ccc3oc4cc5c(cc4c3c2)C2(c3ccccc3Oc3ccccc32)c2ccccc2-5)cc1.c1ccc(N(c2ccccc2)c2ccc3oc4cc5c(cc4c3c2)C2(c3ccccc3Oc3ccccc32)c2ccccc2-5)cc1. The van der Waals surface area contributed by atoms with E-state index < -0.39 is 10.8 Å². The average molecular weight is 1290 g/mol. The van der Waals surface area contributed by atoms with Crippen LogP contribution in [0.2, 0.25) is 0 Å². The van der Waals surface area contributed by atoms with Gasteiger partial charge in [0.05, 0.1) is 10.8 Å². The van der Waals surface area contributed by atoms with Crippen LogP contribution in [0.4, 0.5) is 34.1 Å². The number of benzene rings is 15. The maximum absolute atomic E-state index is 6.70. The van der Waals surface area contributed by atoms with Crippen LogP contribution < -0.4 is 19.3 Å². The molecule has 0 atom stereocenters. The highest BCUT2D eigenvalue weighted by atomic mass is 32.1. The zero-order chi connectivity index (χ0) is 64.9. The summed E-state index contributed by atoms with van der Waals surface area (Å²) in [7, 11) is 0. The van der Waals surface area contributed by atoms with Gasteiger partial charge in [-0.25, -0.2) is 0 Å². The van der Waals surface area contributed by atoms with Crippen LogP contribution in [0, 0.1) is 0 Å². The maximum Gasteiger partial charge on any atom is 0.136 e. The first kappa shape index (κ1) is 55.6. The molecule has 2 aliphatic heterocycles. The van der Waals surface area contributed by atoms with E-state index in [1.807, 2.05) is 11.3 Å². The van der Waals surface area contributed by atoms with Crippen LogP contribution in [0.25, 0.3) is 86.3 Å². The highest BCUT2D eigenvalue weighted by molar-refractivity contribution is 7.25. The number of para-hydroxylation sites is 7. The van der Waals surface area contributed by atoms with E-state index in [1.165, 1.54) is 64.7 Å². The number of thiophene rings is 1. The van der Waals surface area contributed by atoms with Gasteiger partial charge in [-0.15, -0.1) is 11.3 Å². The van der Waals surface area contributed by atoms with Crippen LogP contribution in [0.1, 0.15) is 44.5 Å². The highest BCUT2D eigenvalue weighted by Crippen LogP contribution is 2.65. The fourth-order valence-electron chi connectivity index (χ4n) is 17.0. The topological polar surface area (TPSA) is 51.2 Å². The first-order valence-corrected chi connectivity index (χ1v) is 34.5. The minimum Gasteiger partial charge on any atom is -0.457 e. The molecule has 0 saturated heterocycles. The lowest BCUT2D eigenvalue weighted by Gasteiger charge is -2.39. The number of hydrogen-bond donors (Lipinski definition) is 0. The van der Waals surface area contributed by atoms with Crippen LogP contribution in [0.3, 0.4) is 0 Å². The van der Waals surface area contributed by atoms with E-state index in [2.05, 4.69) is 350 Å². The fourth-order valence-corrected chi connectivity index (χ4v) is 18.1. The maximum atomic E-state index is 6.70. The monoisotopic (exact) mass is 1280 g/mol. The summed E-state index contributed by atoms with van der Waals surface area (Å²) in [4.78, 5) is 4.66. The molecule has 6 nitrogen and oxygen atoms in total. The van der Waals surface area contributed by atoms with Gasteiger partial charge in [-0.3, -0.25) is 0 Å². The van der Waals surface area contributed by atoms with E-state index in [4.69, 9.17) is 18.3 Å². The average Bonchev–Trinajstić information content (AvgIpc) is 1.72. The Morgan fingerprint density at radius 2 is 0.556 bits per heavy atom. The predicted molar refractivity (Wildman–Crippen MR) is 404 cm³/mol. The van der Waals surface area contributed by atoms with Crippen LogP contribution >= 0.6 is 11.3 Å². The lowest BCUT2D eigenvalue weighted by Crippen LogP contribution is -2.32. The Bertz CT molecular complexity index is 6220. The molecule has 15 aromatic carbocycles. The fraction of sp³-hybridized carbons (Fsp3) is 0.0217. The number of nitrogens with zero attached hydrogens (tertiary/aromatic N) is 2. The Hall–Kier alpha value is -12.7. The summed E-state index contributed by atoms with van der Waals surface area (Å²) in [6, 6.07) is 121. The Morgan fingerprint density at radius 3 is 1.01 bits per heavy atom. The molecule has 2 spiro atoms. The van der Waals surface area contributed by atoms with Crippen molar-refractivity contribution in [2.75, 3.05) is 9.80 Å². The molecule has 0 saturated carbocycles. The molecule has 0 fully saturated rings. The second-order valence-electron chi connectivity index (χ2n) is 26.1. The van der Waals surface area contributed by atoms with Gasteiger partial charge in [0.1, 0.15) is 45.3 Å². The van der Waals surface area contributed by atoms with Gasteiger partial charge in [-0.2, -0.15) is 0 Å². The molecule has 18 aromatic rings. The molecule has 0 N–H and O–H groups in total. The predicted octanol–water partition coefficient (Wildman–Crippen LogP) is 25.4. The second kappa shape index (κ2) is 21.4. The summed E-state index contributed by atoms with van der Waals surface area (Å²) in [6.07, 6.45) is 0. The van der Waals surface area contributed by atoms with Gasteiger partial charge in [0, 0.05) is 98.1 Å². The van der Waals surface area contributed by atoms with Crippen LogP contribution in [0.5, 0.6) is 23.0 Å². The second-order valence-corrected chi connectivity index (χ2v) is 27.2. The molecular weight excluding hydrogens is 1230 g/mol. The molecule has 22 rings (SSSR count). The molecule has 7 heteroatoms. The zero-order valence-electron chi connectivity index (χ0n) is 53.3. The van der Waals surface area contributed by atoms with Crippen LogP contribution in [0.15, 0.2) is 349 Å². The molecule has 2 aliphatic carbocycles. The summed E-state index contributed by atoms with van der Waals surface area (Å²) in [5, 5.41) is 6.97. The van der Waals surface area contributed by atoms with E-state index in [-0.39, 0.29) is 0 Å². The number of fused-ring (bicyclic) bond motifs is 27. The Morgan fingerprint density at radius 1 is 0.212 bits per heavy atom. The Labute approximate surface area is 574 Å². The van der Waals surface area contributed by atoms with E-state index >= 15 is 0 Å². The third kappa shape index (κ3) is 8.05. The lowest BCUT2D eigenvalue weighted by atomic mass is 9.66. The van der Waals surface area contributed by atoms with Crippen LogP contribution in [-0.2, 0) is 10.8 Å². The van der Waals surface area contributed by atoms with Gasteiger partial charge in [0.2, 0.25) is 0 Å². The van der Waals surface area contributed by atoms with Crippen molar-refractivity contribution in [3.05, 3.63) is 384 Å². The summed E-state index contributed by atoms with van der Waals surface area (Å²) >= 11 is 1.85. The standard InChI is InChI=1S/C49H29NO2S.C43H27NO2/c1-2-12-30(13-3-1)50(32-22-24-35-34-15-5-11-21-47(34)53-48(35)27-32)31-23-25-43-37(26-31)38-28-42-36(29-46(38)51-43)33-14-4-6-16-39(33)49(42)40-17-7-9-19-44(40)52-45-20-10-8-18-41(45)49;1-3-13-28(14-4-1)44(29-15-5-2-6-16-29)30-23-24-39-33(25-30)34-26-38-32(27-42(34)45-39)31-17-7-8-18-35(31)43(38)36-19-9-11-21-40(36)46-41-22-12-10-20-37(41)43/h1-29H;1-27H. The number of hydrogen-bond acceptors (Lipinski definition) is 7. The molecule has 464 valence electrons. The zero-order valence-corrected chi connectivity index (χ0v) is 54.1. The van der Waals surface area contributed by atoms with Crippen molar-refractivity contribution in [1.29, 1.82) is 0 Å². The first-order valence-electron chi connectivity index (χ1n) is 33.7. The summed E-state index contributed by atoms with van der Waals surface area (Å²) < 4.78 is 29.0. The molecule has 3 aromatic heterocycles. The van der Waals surface area contributed by atoms with Crippen molar-refractivity contribution in [2.45, 2.75) is 10.8 Å². The number of anilines is 6. The summed E-state index contributed by atoms with van der Waals surface area (Å²) in [5.74, 6) is 3.57. The molecule has 0 radical (unpaired) electrons. The molecule has 0 amide bonds. The number of furan rings is 2. The lowest BCUT2D eigenvalue weighted by molar-refractivity contribution is 0.436. The van der Waals surface area contributed by atoms with Gasteiger partial charge < -0.3 is 28.1 Å². The molecule has 5 heterocycles. The minimum absolute atomic E-state index is 0.521. The van der Waals surface area contributed by atoms with E-state index in [9.17, 15) is 0 Å². The Kier molecular flexibility index (Phi) is 12.0. The number of ether oxygens (including phenoxy) is 2. The molecular formula is C92H56N2O4S. The molecule has 4 aliphatic rings. The van der Waals surface area contributed by atoms with Gasteiger partial charge in [-0.1, -0.05) is 200 Å². The van der Waals surface area contributed by atoms with Gasteiger partial charge in [0.25, 0.3) is 0 Å². The van der Waals surface area contributed by atoms with E-state index in [0.717, 1.165) is 123 Å². The molecule has 99 heavy (non-hydrogen) atoms. The summed E-state index contributed by atoms with van der Waals surface area (Å²) in [5.41, 5.74) is 23.5. The van der Waals surface area contributed by atoms with Crippen LogP contribution in [-0.4, -0.2) is 0 Å². The largest absolute Gasteiger partial charge is 0.457 e. The van der Waals surface area contributed by atoms with Crippen molar-refractivity contribution in [3.8, 4) is 45.3 Å².